The Labute approximate surface area is 151 Å². The average Bonchev–Trinajstić information content (AvgIpc) is 3.17. The smallest absolute Gasteiger partial charge is 0.319 e. The number of urea groups is 1. The zero-order valence-electron chi connectivity index (χ0n) is 14.1. The van der Waals surface area contributed by atoms with Gasteiger partial charge in [0.25, 0.3) is 0 Å². The molecule has 1 heterocycles. The predicted octanol–water partition coefficient (Wildman–Crippen LogP) is 4.55. The number of nitrogens with one attached hydrogen (secondary N) is 3. The van der Waals surface area contributed by atoms with Gasteiger partial charge in [0.15, 0.2) is 0 Å². The topological polar surface area (TPSA) is 69.8 Å². The minimum atomic E-state index is -0.246. The molecule has 0 fully saturated rings. The van der Waals surface area contributed by atoms with Crippen LogP contribution in [0.5, 0.6) is 0 Å². The Kier molecular flexibility index (Phi) is 4.35. The highest BCUT2D eigenvalue weighted by molar-refractivity contribution is 6.00. The summed E-state index contributed by atoms with van der Waals surface area (Å²) in [4.78, 5) is 12.3. The highest BCUT2D eigenvalue weighted by Gasteiger charge is 2.07. The zero-order valence-corrected chi connectivity index (χ0v) is 14.1. The number of rotatable bonds is 4. The van der Waals surface area contributed by atoms with Crippen LogP contribution in [-0.4, -0.2) is 16.2 Å². The Hall–Kier alpha value is -3.60. The molecular weight excluding hydrogens is 324 g/mol. The van der Waals surface area contributed by atoms with Crippen LogP contribution in [0, 0.1) is 0 Å². The second kappa shape index (κ2) is 7.11. The first kappa shape index (κ1) is 15.9. The number of hydrogen-bond acceptors (Lipinski definition) is 2. The summed E-state index contributed by atoms with van der Waals surface area (Å²) < 4.78 is 0. The highest BCUT2D eigenvalue weighted by Crippen LogP contribution is 2.21. The van der Waals surface area contributed by atoms with Gasteiger partial charge in [-0.05, 0) is 34.9 Å². The third-order valence-corrected chi connectivity index (χ3v) is 4.22. The molecule has 0 saturated carbocycles. The number of carbonyl (C=O) groups excluding carboxylic acids is 1. The predicted molar refractivity (Wildman–Crippen MR) is 104 cm³/mol. The summed E-state index contributed by atoms with van der Waals surface area (Å²) >= 11 is 0. The number of hydrogen-bond donors (Lipinski definition) is 3. The summed E-state index contributed by atoms with van der Waals surface area (Å²) in [6.45, 7) is 0.452. The Balaban J connectivity index is 1.43. The van der Waals surface area contributed by atoms with Crippen LogP contribution in [0.25, 0.3) is 22.0 Å². The summed E-state index contributed by atoms with van der Waals surface area (Å²) in [5.41, 5.74) is 4.95. The Morgan fingerprint density at radius 3 is 2.62 bits per heavy atom. The van der Waals surface area contributed by atoms with E-state index in [1.54, 1.807) is 6.20 Å². The molecule has 0 spiro atoms. The van der Waals surface area contributed by atoms with Crippen molar-refractivity contribution in [2.45, 2.75) is 6.54 Å². The van der Waals surface area contributed by atoms with Crippen LogP contribution >= 0.6 is 0 Å². The molecule has 3 aromatic carbocycles. The normalized spacial score (nSPS) is 10.6. The van der Waals surface area contributed by atoms with Gasteiger partial charge in [-0.2, -0.15) is 5.10 Å². The first-order valence-electron chi connectivity index (χ1n) is 8.41. The van der Waals surface area contributed by atoms with Crippen LogP contribution in [0.3, 0.4) is 0 Å². The SMILES string of the molecule is O=C(NCc1cccc(-c2ccccc2)c1)Nc1cccc2[nH]ncc12. The lowest BCUT2D eigenvalue weighted by Crippen LogP contribution is -2.28. The van der Waals surface area contributed by atoms with E-state index in [4.69, 9.17) is 0 Å². The molecule has 0 aliphatic carbocycles. The number of anilines is 1. The number of benzene rings is 3. The van der Waals surface area contributed by atoms with Crippen molar-refractivity contribution in [3.63, 3.8) is 0 Å². The van der Waals surface area contributed by atoms with Crippen molar-refractivity contribution in [1.29, 1.82) is 0 Å². The maximum Gasteiger partial charge on any atom is 0.319 e. The van der Waals surface area contributed by atoms with E-state index in [1.165, 1.54) is 0 Å². The number of amides is 2. The lowest BCUT2D eigenvalue weighted by Gasteiger charge is -2.10. The molecule has 0 saturated heterocycles. The molecule has 26 heavy (non-hydrogen) atoms. The molecule has 0 bridgehead atoms. The summed E-state index contributed by atoms with van der Waals surface area (Å²) in [5, 5.41) is 13.6. The fraction of sp³-hybridized carbons (Fsp3) is 0.0476. The summed E-state index contributed by atoms with van der Waals surface area (Å²) in [6, 6.07) is 23.7. The van der Waals surface area contributed by atoms with Crippen LogP contribution in [-0.2, 0) is 6.54 Å². The van der Waals surface area contributed by atoms with E-state index in [-0.39, 0.29) is 6.03 Å². The van der Waals surface area contributed by atoms with Crippen LogP contribution < -0.4 is 10.6 Å². The molecule has 3 N–H and O–H groups in total. The molecule has 0 radical (unpaired) electrons. The van der Waals surface area contributed by atoms with E-state index < -0.39 is 0 Å². The third kappa shape index (κ3) is 3.42. The molecule has 0 atom stereocenters. The number of fused-ring (bicyclic) bond motifs is 1. The first-order valence-corrected chi connectivity index (χ1v) is 8.41. The fourth-order valence-corrected chi connectivity index (χ4v) is 2.92. The van der Waals surface area contributed by atoms with Crippen LogP contribution in [0.2, 0.25) is 0 Å². The summed E-state index contributed by atoms with van der Waals surface area (Å²) in [5.74, 6) is 0. The van der Waals surface area contributed by atoms with Gasteiger partial charge in [0.2, 0.25) is 0 Å². The number of H-pyrrole nitrogens is 1. The lowest BCUT2D eigenvalue weighted by molar-refractivity contribution is 0.252. The summed E-state index contributed by atoms with van der Waals surface area (Å²) in [6.07, 6.45) is 1.70. The van der Waals surface area contributed by atoms with Gasteiger partial charge in [-0.1, -0.05) is 54.6 Å². The number of carbonyl (C=O) groups is 1. The van der Waals surface area contributed by atoms with Crippen molar-refractivity contribution < 1.29 is 4.79 Å². The van der Waals surface area contributed by atoms with Crippen LogP contribution in [0.4, 0.5) is 10.5 Å². The molecule has 0 aliphatic rings. The number of aromatic amines is 1. The second-order valence-corrected chi connectivity index (χ2v) is 6.01. The minimum absolute atomic E-state index is 0.246. The molecular formula is C21H18N4O. The van der Waals surface area contributed by atoms with Crippen molar-refractivity contribution >= 4 is 22.6 Å². The standard InChI is InChI=1S/C21H18N4O/c26-21(24-19-10-5-11-20-18(19)14-23-25-20)22-13-15-6-4-9-17(12-15)16-7-2-1-3-8-16/h1-12,14H,13H2,(H,23,25)(H2,22,24,26). The molecule has 5 nitrogen and oxygen atoms in total. The molecule has 2 amide bonds. The van der Waals surface area contributed by atoms with Crippen molar-refractivity contribution in [1.82, 2.24) is 15.5 Å². The van der Waals surface area contributed by atoms with Gasteiger partial charge in [-0.15, -0.1) is 0 Å². The molecule has 4 rings (SSSR count). The molecule has 4 aromatic rings. The van der Waals surface area contributed by atoms with E-state index in [1.807, 2.05) is 48.5 Å². The van der Waals surface area contributed by atoms with Crippen molar-refractivity contribution in [2.24, 2.45) is 0 Å². The van der Waals surface area contributed by atoms with Gasteiger partial charge in [-0.25, -0.2) is 4.79 Å². The highest BCUT2D eigenvalue weighted by atomic mass is 16.2. The molecule has 0 unspecified atom stereocenters. The van der Waals surface area contributed by atoms with Gasteiger partial charge in [0.05, 0.1) is 17.4 Å². The van der Waals surface area contributed by atoms with Gasteiger partial charge < -0.3 is 10.6 Å². The molecule has 128 valence electrons. The number of nitrogens with zero attached hydrogens (tertiary/aromatic N) is 1. The fourth-order valence-electron chi connectivity index (χ4n) is 2.92. The van der Waals surface area contributed by atoms with Gasteiger partial charge in [0, 0.05) is 11.9 Å². The van der Waals surface area contributed by atoms with E-state index in [0.29, 0.717) is 6.54 Å². The van der Waals surface area contributed by atoms with E-state index in [0.717, 1.165) is 33.3 Å². The van der Waals surface area contributed by atoms with Gasteiger partial charge >= 0.3 is 6.03 Å². The maximum absolute atomic E-state index is 12.3. The van der Waals surface area contributed by atoms with Crippen molar-refractivity contribution in [2.75, 3.05) is 5.32 Å². The Bertz CT molecular complexity index is 1040. The Morgan fingerprint density at radius 2 is 1.73 bits per heavy atom. The quantitative estimate of drug-likeness (QED) is 0.509. The number of aromatic nitrogens is 2. The molecule has 5 heteroatoms. The maximum atomic E-state index is 12.3. The Morgan fingerprint density at radius 1 is 0.923 bits per heavy atom. The van der Waals surface area contributed by atoms with Crippen molar-refractivity contribution in [3.8, 4) is 11.1 Å². The molecule has 1 aromatic heterocycles. The van der Waals surface area contributed by atoms with Gasteiger partial charge in [0.1, 0.15) is 0 Å². The third-order valence-electron chi connectivity index (χ3n) is 4.22. The second-order valence-electron chi connectivity index (χ2n) is 6.01. The average molecular weight is 342 g/mol. The largest absolute Gasteiger partial charge is 0.334 e. The monoisotopic (exact) mass is 342 g/mol. The van der Waals surface area contributed by atoms with Gasteiger partial charge in [-0.3, -0.25) is 5.10 Å². The van der Waals surface area contributed by atoms with Crippen molar-refractivity contribution in [3.05, 3.63) is 84.6 Å². The van der Waals surface area contributed by atoms with E-state index >= 15 is 0 Å². The minimum Gasteiger partial charge on any atom is -0.334 e. The first-order chi connectivity index (χ1) is 12.8. The molecule has 0 aliphatic heterocycles. The summed E-state index contributed by atoms with van der Waals surface area (Å²) in [7, 11) is 0. The van der Waals surface area contributed by atoms with E-state index in [9.17, 15) is 4.79 Å². The van der Waals surface area contributed by atoms with Crippen LogP contribution in [0.1, 0.15) is 5.56 Å². The lowest BCUT2D eigenvalue weighted by atomic mass is 10.0. The van der Waals surface area contributed by atoms with Crippen LogP contribution in [0.15, 0.2) is 79.0 Å². The van der Waals surface area contributed by atoms with E-state index in [2.05, 4.69) is 45.1 Å². The zero-order chi connectivity index (χ0) is 17.8.